The van der Waals surface area contributed by atoms with Gasteiger partial charge in [-0.2, -0.15) is 0 Å². The third-order valence-corrected chi connectivity index (χ3v) is 4.14. The Bertz CT molecular complexity index is 373. The molecule has 0 bridgehead atoms. The molecule has 3 unspecified atom stereocenters. The van der Waals surface area contributed by atoms with Gasteiger partial charge in [0.2, 0.25) is 0 Å². The lowest BCUT2D eigenvalue weighted by Gasteiger charge is -2.41. The average molecular weight is 299 g/mol. The molecule has 0 radical (unpaired) electrons. The van der Waals surface area contributed by atoms with E-state index < -0.39 is 12.0 Å². The van der Waals surface area contributed by atoms with Crippen molar-refractivity contribution >= 4 is 12.0 Å². The molecule has 1 heterocycles. The molecule has 0 saturated carbocycles. The third kappa shape index (κ3) is 4.59. The normalized spacial score (nSPS) is 24.0. The maximum atomic E-state index is 12.7. The Hall–Kier alpha value is -1.30. The molecule has 3 atom stereocenters. The summed E-state index contributed by atoms with van der Waals surface area (Å²) >= 11 is 0. The molecule has 1 fully saturated rings. The number of hydrogen-bond acceptors (Lipinski definition) is 3. The minimum absolute atomic E-state index is 0.0614. The number of aliphatic carboxylic acids is 1. The van der Waals surface area contributed by atoms with Gasteiger partial charge in [-0.05, 0) is 46.7 Å². The SMILES string of the molecule is CCN(C(=O)N1CCC(C)CC1C(=O)O)C(C)CN(C)C. The van der Waals surface area contributed by atoms with Crippen LogP contribution in [-0.4, -0.2) is 77.6 Å². The lowest BCUT2D eigenvalue weighted by Crippen LogP contribution is -2.57. The van der Waals surface area contributed by atoms with Crippen LogP contribution in [0.4, 0.5) is 4.79 Å². The van der Waals surface area contributed by atoms with Crippen LogP contribution >= 0.6 is 0 Å². The molecule has 1 rings (SSSR count). The van der Waals surface area contributed by atoms with Gasteiger partial charge in [-0.3, -0.25) is 0 Å². The largest absolute Gasteiger partial charge is 0.480 e. The number of piperidine rings is 1. The number of carbonyl (C=O) groups excluding carboxylic acids is 1. The van der Waals surface area contributed by atoms with Gasteiger partial charge in [-0.15, -0.1) is 0 Å². The summed E-state index contributed by atoms with van der Waals surface area (Å²) in [5, 5.41) is 9.39. The number of carboxylic acids is 1. The predicted molar refractivity (Wildman–Crippen MR) is 82.3 cm³/mol. The first-order valence-electron chi connectivity index (χ1n) is 7.72. The van der Waals surface area contributed by atoms with Crippen molar-refractivity contribution in [2.45, 2.75) is 45.7 Å². The van der Waals surface area contributed by atoms with Crippen molar-refractivity contribution in [3.8, 4) is 0 Å². The first-order chi connectivity index (χ1) is 9.77. The topological polar surface area (TPSA) is 64.1 Å². The molecular formula is C15H29N3O3. The van der Waals surface area contributed by atoms with Crippen LogP contribution in [0.1, 0.15) is 33.6 Å². The van der Waals surface area contributed by atoms with E-state index in [1.807, 2.05) is 39.8 Å². The van der Waals surface area contributed by atoms with E-state index in [0.717, 1.165) is 13.0 Å². The van der Waals surface area contributed by atoms with Crippen LogP contribution < -0.4 is 0 Å². The van der Waals surface area contributed by atoms with E-state index in [1.54, 1.807) is 4.90 Å². The van der Waals surface area contributed by atoms with Gasteiger partial charge in [-0.1, -0.05) is 6.92 Å². The first-order valence-corrected chi connectivity index (χ1v) is 7.72. The maximum Gasteiger partial charge on any atom is 0.326 e. The molecule has 6 heteroatoms. The first kappa shape index (κ1) is 17.8. The molecule has 0 spiro atoms. The molecule has 0 aliphatic carbocycles. The van der Waals surface area contributed by atoms with Gasteiger partial charge in [-0.25, -0.2) is 9.59 Å². The number of carbonyl (C=O) groups is 2. The molecule has 1 aliphatic heterocycles. The Kier molecular flexibility index (Phi) is 6.45. The van der Waals surface area contributed by atoms with Crippen molar-refractivity contribution in [2.75, 3.05) is 33.7 Å². The molecule has 122 valence electrons. The van der Waals surface area contributed by atoms with E-state index in [0.29, 0.717) is 25.4 Å². The summed E-state index contributed by atoms with van der Waals surface area (Å²) in [6.07, 6.45) is 1.41. The molecule has 2 amide bonds. The Morgan fingerprint density at radius 1 is 1.38 bits per heavy atom. The summed E-state index contributed by atoms with van der Waals surface area (Å²) < 4.78 is 0. The second-order valence-electron chi connectivity index (χ2n) is 6.36. The molecule has 1 aliphatic rings. The highest BCUT2D eigenvalue weighted by atomic mass is 16.4. The fraction of sp³-hybridized carbons (Fsp3) is 0.867. The molecular weight excluding hydrogens is 270 g/mol. The lowest BCUT2D eigenvalue weighted by atomic mass is 9.92. The maximum absolute atomic E-state index is 12.7. The molecule has 0 aromatic heterocycles. The van der Waals surface area contributed by atoms with Gasteiger partial charge in [0.15, 0.2) is 0 Å². The average Bonchev–Trinajstić information content (AvgIpc) is 2.38. The van der Waals surface area contributed by atoms with Crippen LogP contribution in [0.3, 0.4) is 0 Å². The van der Waals surface area contributed by atoms with Crippen molar-refractivity contribution in [3.63, 3.8) is 0 Å². The van der Waals surface area contributed by atoms with Gasteiger partial charge in [0.1, 0.15) is 6.04 Å². The summed E-state index contributed by atoms with van der Waals surface area (Å²) in [7, 11) is 3.94. The second-order valence-corrected chi connectivity index (χ2v) is 6.36. The zero-order valence-electron chi connectivity index (χ0n) is 13.9. The zero-order valence-corrected chi connectivity index (χ0v) is 13.9. The van der Waals surface area contributed by atoms with Crippen molar-refractivity contribution in [3.05, 3.63) is 0 Å². The number of carboxylic acid groups (broad SMARTS) is 1. The molecule has 1 N–H and O–H groups in total. The number of nitrogens with zero attached hydrogens (tertiary/aromatic N) is 3. The van der Waals surface area contributed by atoms with Crippen molar-refractivity contribution < 1.29 is 14.7 Å². The Morgan fingerprint density at radius 3 is 2.48 bits per heavy atom. The van der Waals surface area contributed by atoms with E-state index in [9.17, 15) is 14.7 Å². The smallest absolute Gasteiger partial charge is 0.326 e. The molecule has 0 aromatic rings. The van der Waals surface area contributed by atoms with E-state index in [-0.39, 0.29) is 12.1 Å². The Labute approximate surface area is 127 Å². The van der Waals surface area contributed by atoms with Crippen molar-refractivity contribution in [1.29, 1.82) is 0 Å². The number of rotatable bonds is 5. The lowest BCUT2D eigenvalue weighted by molar-refractivity contribution is -0.144. The standard InChI is InChI=1S/C15H29N3O3/c1-6-17(12(3)10-16(4)5)15(21)18-8-7-11(2)9-13(18)14(19)20/h11-13H,6-10H2,1-5H3,(H,19,20). The van der Waals surface area contributed by atoms with Gasteiger partial charge < -0.3 is 19.8 Å². The monoisotopic (exact) mass is 299 g/mol. The summed E-state index contributed by atoms with van der Waals surface area (Å²) in [4.78, 5) is 29.5. The highest BCUT2D eigenvalue weighted by Crippen LogP contribution is 2.24. The molecule has 0 aromatic carbocycles. The highest BCUT2D eigenvalue weighted by Gasteiger charge is 2.37. The highest BCUT2D eigenvalue weighted by molar-refractivity contribution is 5.83. The Balaban J connectivity index is 2.84. The minimum Gasteiger partial charge on any atom is -0.480 e. The number of likely N-dealkylation sites (N-methyl/N-ethyl adjacent to an activating group) is 2. The van der Waals surface area contributed by atoms with Crippen LogP contribution in [-0.2, 0) is 4.79 Å². The van der Waals surface area contributed by atoms with Crippen molar-refractivity contribution in [1.82, 2.24) is 14.7 Å². The Morgan fingerprint density at radius 2 is 2.00 bits per heavy atom. The van der Waals surface area contributed by atoms with E-state index in [4.69, 9.17) is 0 Å². The van der Waals surface area contributed by atoms with E-state index in [2.05, 4.69) is 0 Å². The number of likely N-dealkylation sites (tertiary alicyclic amines) is 1. The second kappa shape index (κ2) is 7.64. The summed E-state index contributed by atoms with van der Waals surface area (Å²) in [5.41, 5.74) is 0. The molecule has 1 saturated heterocycles. The van der Waals surface area contributed by atoms with E-state index >= 15 is 0 Å². The summed E-state index contributed by atoms with van der Waals surface area (Å²) in [6, 6.07) is -0.778. The van der Waals surface area contributed by atoms with E-state index in [1.165, 1.54) is 4.90 Å². The third-order valence-electron chi connectivity index (χ3n) is 4.14. The molecule has 6 nitrogen and oxygen atoms in total. The van der Waals surface area contributed by atoms with Crippen LogP contribution in [0.2, 0.25) is 0 Å². The quantitative estimate of drug-likeness (QED) is 0.837. The predicted octanol–water partition coefficient (Wildman–Crippen LogP) is 1.56. The van der Waals surface area contributed by atoms with Crippen LogP contribution in [0.15, 0.2) is 0 Å². The number of amides is 2. The van der Waals surface area contributed by atoms with Crippen LogP contribution in [0.5, 0.6) is 0 Å². The fourth-order valence-corrected chi connectivity index (χ4v) is 3.03. The number of urea groups is 1. The zero-order chi connectivity index (χ0) is 16.2. The van der Waals surface area contributed by atoms with Gasteiger partial charge in [0.25, 0.3) is 0 Å². The van der Waals surface area contributed by atoms with Crippen LogP contribution in [0.25, 0.3) is 0 Å². The molecule has 21 heavy (non-hydrogen) atoms. The summed E-state index contributed by atoms with van der Waals surface area (Å²) in [5.74, 6) is -0.546. The van der Waals surface area contributed by atoms with Gasteiger partial charge in [0, 0.05) is 25.7 Å². The minimum atomic E-state index is -0.897. The summed E-state index contributed by atoms with van der Waals surface area (Å²) in [6.45, 7) is 7.87. The van der Waals surface area contributed by atoms with Gasteiger partial charge >= 0.3 is 12.0 Å². The van der Waals surface area contributed by atoms with Crippen LogP contribution in [0, 0.1) is 5.92 Å². The van der Waals surface area contributed by atoms with Gasteiger partial charge in [0.05, 0.1) is 0 Å². The fourth-order valence-electron chi connectivity index (χ4n) is 3.03. The van der Waals surface area contributed by atoms with Crippen molar-refractivity contribution in [2.24, 2.45) is 5.92 Å². The number of hydrogen-bond donors (Lipinski definition) is 1.